The quantitative estimate of drug-likeness (QED) is 0.284. The molecule has 1 atom stereocenters. The molecule has 154 valence electrons. The molecule has 0 aliphatic rings. The number of unbranched alkanes of at least 4 members (excludes halogenated alkanes) is 1. The van der Waals surface area contributed by atoms with E-state index in [-0.39, 0.29) is 6.54 Å². The Morgan fingerprint density at radius 3 is 2.64 bits per heavy atom. The van der Waals surface area contributed by atoms with Crippen LogP contribution in [0.25, 0.3) is 0 Å². The highest BCUT2D eigenvalue weighted by molar-refractivity contribution is 5.79. The Balaban J connectivity index is 1.77. The standard InChI is InChI=1S/C21H33N5O2/c1-5-22-20(25-13-9-8-12-24-19-10-6-7-11-23-19)26-15-21(4,27)18-14-16(2)28-17(18)3/h6-7,10-11,14,27H,5,8-9,12-13,15H2,1-4H3,(H,23,24)(H2,22,25,26). The summed E-state index contributed by atoms with van der Waals surface area (Å²) in [5, 5.41) is 20.7. The van der Waals surface area contributed by atoms with Gasteiger partial charge in [0.1, 0.15) is 22.9 Å². The molecule has 4 N–H and O–H groups in total. The summed E-state index contributed by atoms with van der Waals surface area (Å²) in [7, 11) is 0. The molecule has 2 aromatic heterocycles. The van der Waals surface area contributed by atoms with E-state index in [9.17, 15) is 5.11 Å². The van der Waals surface area contributed by atoms with Crippen LogP contribution in [0.15, 0.2) is 39.9 Å². The zero-order valence-corrected chi connectivity index (χ0v) is 17.4. The van der Waals surface area contributed by atoms with E-state index < -0.39 is 5.60 Å². The number of furan rings is 1. The summed E-state index contributed by atoms with van der Waals surface area (Å²) in [6.07, 6.45) is 3.80. The maximum absolute atomic E-state index is 10.8. The molecule has 0 bridgehead atoms. The van der Waals surface area contributed by atoms with Gasteiger partial charge in [0.25, 0.3) is 0 Å². The number of guanidine groups is 1. The molecule has 2 heterocycles. The van der Waals surface area contributed by atoms with Crippen molar-refractivity contribution in [1.82, 2.24) is 15.6 Å². The van der Waals surface area contributed by atoms with Crippen LogP contribution >= 0.6 is 0 Å². The Bertz CT molecular complexity index is 741. The average molecular weight is 388 g/mol. The first-order valence-corrected chi connectivity index (χ1v) is 9.89. The lowest BCUT2D eigenvalue weighted by molar-refractivity contribution is 0.0657. The molecular formula is C21H33N5O2. The topological polar surface area (TPSA) is 94.7 Å². The Hall–Kier alpha value is -2.54. The van der Waals surface area contributed by atoms with E-state index in [4.69, 9.17) is 4.42 Å². The van der Waals surface area contributed by atoms with Crippen LogP contribution in [0.2, 0.25) is 0 Å². The smallest absolute Gasteiger partial charge is 0.191 e. The highest BCUT2D eigenvalue weighted by Gasteiger charge is 2.27. The third-order valence-corrected chi connectivity index (χ3v) is 4.38. The number of aromatic nitrogens is 1. The fourth-order valence-corrected chi connectivity index (χ4v) is 2.97. The number of hydrogen-bond acceptors (Lipinski definition) is 5. The first-order chi connectivity index (χ1) is 13.4. The molecule has 0 aliphatic carbocycles. The van der Waals surface area contributed by atoms with Crippen LogP contribution in [-0.4, -0.2) is 42.2 Å². The Labute approximate surface area is 167 Å². The fraction of sp³-hybridized carbons (Fsp3) is 0.524. The van der Waals surface area contributed by atoms with Crippen molar-refractivity contribution in [3.63, 3.8) is 0 Å². The molecule has 7 heteroatoms. The van der Waals surface area contributed by atoms with Gasteiger partial charge in [0.15, 0.2) is 5.96 Å². The van der Waals surface area contributed by atoms with E-state index in [0.29, 0.717) is 5.96 Å². The third kappa shape index (κ3) is 6.88. The molecule has 1 unspecified atom stereocenters. The van der Waals surface area contributed by atoms with Crippen molar-refractivity contribution in [2.45, 2.75) is 46.1 Å². The molecule has 0 radical (unpaired) electrons. The van der Waals surface area contributed by atoms with Crippen LogP contribution in [-0.2, 0) is 5.60 Å². The molecule has 0 spiro atoms. The molecule has 28 heavy (non-hydrogen) atoms. The van der Waals surface area contributed by atoms with E-state index in [2.05, 4.69) is 25.9 Å². The number of nitrogens with one attached hydrogen (secondary N) is 3. The van der Waals surface area contributed by atoms with Gasteiger partial charge in [-0.2, -0.15) is 0 Å². The van der Waals surface area contributed by atoms with Crippen LogP contribution in [0.1, 0.15) is 43.8 Å². The van der Waals surface area contributed by atoms with Gasteiger partial charge in [-0.1, -0.05) is 6.07 Å². The number of hydrogen-bond donors (Lipinski definition) is 4. The second-order valence-corrected chi connectivity index (χ2v) is 7.07. The predicted octanol–water partition coefficient (Wildman–Crippen LogP) is 2.95. The first kappa shape index (κ1) is 21.8. The van der Waals surface area contributed by atoms with Gasteiger partial charge >= 0.3 is 0 Å². The lowest BCUT2D eigenvalue weighted by atomic mass is 9.96. The van der Waals surface area contributed by atoms with Crippen LogP contribution in [0.4, 0.5) is 5.82 Å². The zero-order valence-electron chi connectivity index (χ0n) is 17.4. The van der Waals surface area contributed by atoms with Gasteiger partial charge in [-0.15, -0.1) is 0 Å². The van der Waals surface area contributed by atoms with Crippen molar-refractivity contribution < 1.29 is 9.52 Å². The number of aryl methyl sites for hydroxylation is 2. The monoisotopic (exact) mass is 387 g/mol. The van der Waals surface area contributed by atoms with Gasteiger partial charge < -0.3 is 25.5 Å². The van der Waals surface area contributed by atoms with Crippen LogP contribution < -0.4 is 16.0 Å². The van der Waals surface area contributed by atoms with Gasteiger partial charge in [-0.05, 0) is 58.7 Å². The normalized spacial score (nSPS) is 13.8. The molecule has 0 saturated heterocycles. The molecule has 0 amide bonds. The largest absolute Gasteiger partial charge is 0.466 e. The van der Waals surface area contributed by atoms with Crippen LogP contribution in [0.3, 0.4) is 0 Å². The summed E-state index contributed by atoms with van der Waals surface area (Å²) in [5.41, 5.74) is -0.290. The SMILES string of the molecule is CCNC(=NCC(C)(O)c1cc(C)oc1C)NCCCCNc1ccccn1. The summed E-state index contributed by atoms with van der Waals surface area (Å²) >= 11 is 0. The minimum atomic E-state index is -1.07. The number of aliphatic hydroxyl groups is 1. The lowest BCUT2D eigenvalue weighted by Crippen LogP contribution is -2.39. The van der Waals surface area contributed by atoms with Crippen molar-refractivity contribution in [3.05, 3.63) is 47.5 Å². The Kier molecular flexibility index (Phi) is 8.32. The van der Waals surface area contributed by atoms with Gasteiger partial charge in [-0.25, -0.2) is 9.98 Å². The second kappa shape index (κ2) is 10.7. The molecule has 0 aliphatic heterocycles. The van der Waals surface area contributed by atoms with Crippen molar-refractivity contribution in [2.75, 3.05) is 31.5 Å². The van der Waals surface area contributed by atoms with E-state index in [1.165, 1.54) is 0 Å². The van der Waals surface area contributed by atoms with Gasteiger partial charge in [-0.3, -0.25) is 0 Å². The predicted molar refractivity (Wildman–Crippen MR) is 114 cm³/mol. The van der Waals surface area contributed by atoms with E-state index in [0.717, 1.165) is 55.4 Å². The minimum Gasteiger partial charge on any atom is -0.466 e. The van der Waals surface area contributed by atoms with Crippen molar-refractivity contribution >= 4 is 11.8 Å². The maximum atomic E-state index is 10.8. The lowest BCUT2D eigenvalue weighted by Gasteiger charge is -2.21. The minimum absolute atomic E-state index is 0.253. The third-order valence-electron chi connectivity index (χ3n) is 4.38. The number of nitrogens with zero attached hydrogens (tertiary/aromatic N) is 2. The zero-order chi connectivity index (χ0) is 20.4. The van der Waals surface area contributed by atoms with Gasteiger partial charge in [0.2, 0.25) is 0 Å². The number of anilines is 1. The second-order valence-electron chi connectivity index (χ2n) is 7.07. The summed E-state index contributed by atoms with van der Waals surface area (Å²) in [6.45, 7) is 10.2. The highest BCUT2D eigenvalue weighted by Crippen LogP contribution is 2.27. The van der Waals surface area contributed by atoms with Gasteiger partial charge in [0, 0.05) is 31.4 Å². The molecule has 0 fully saturated rings. The van der Waals surface area contributed by atoms with Gasteiger partial charge in [0.05, 0.1) is 6.54 Å². The van der Waals surface area contributed by atoms with E-state index in [1.54, 1.807) is 13.1 Å². The summed E-state index contributed by atoms with van der Waals surface area (Å²) in [4.78, 5) is 8.80. The van der Waals surface area contributed by atoms with E-state index >= 15 is 0 Å². The fourth-order valence-electron chi connectivity index (χ4n) is 2.97. The molecule has 7 nitrogen and oxygen atoms in total. The van der Waals surface area contributed by atoms with Crippen molar-refractivity contribution in [3.8, 4) is 0 Å². The Morgan fingerprint density at radius 1 is 1.21 bits per heavy atom. The Morgan fingerprint density at radius 2 is 2.00 bits per heavy atom. The number of pyridine rings is 1. The number of rotatable bonds is 10. The van der Waals surface area contributed by atoms with Crippen LogP contribution in [0, 0.1) is 13.8 Å². The van der Waals surface area contributed by atoms with E-state index in [1.807, 2.05) is 45.0 Å². The maximum Gasteiger partial charge on any atom is 0.191 e. The summed E-state index contributed by atoms with van der Waals surface area (Å²) < 4.78 is 5.54. The van der Waals surface area contributed by atoms with Crippen LogP contribution in [0.5, 0.6) is 0 Å². The summed E-state index contributed by atoms with van der Waals surface area (Å²) in [6, 6.07) is 7.71. The molecule has 2 rings (SSSR count). The number of aliphatic imine (C=N–C) groups is 1. The van der Waals surface area contributed by atoms with Crippen molar-refractivity contribution in [1.29, 1.82) is 0 Å². The summed E-state index contributed by atoms with van der Waals surface area (Å²) in [5.74, 6) is 3.13. The first-order valence-electron chi connectivity index (χ1n) is 9.89. The van der Waals surface area contributed by atoms with Crippen molar-refractivity contribution in [2.24, 2.45) is 4.99 Å². The average Bonchev–Trinajstić information content (AvgIpc) is 3.02. The molecule has 2 aromatic rings. The molecule has 0 aromatic carbocycles. The highest BCUT2D eigenvalue weighted by atomic mass is 16.3. The molecule has 0 saturated carbocycles. The molecular weight excluding hydrogens is 354 g/mol.